The van der Waals surface area contributed by atoms with E-state index in [0.29, 0.717) is 43.2 Å². The van der Waals surface area contributed by atoms with Crippen molar-refractivity contribution in [1.29, 1.82) is 0 Å². The van der Waals surface area contributed by atoms with Crippen LogP contribution in [0, 0.1) is 0 Å². The highest BCUT2D eigenvalue weighted by Gasteiger charge is 2.25. The van der Waals surface area contributed by atoms with Crippen molar-refractivity contribution >= 4 is 12.3 Å². The maximum Gasteiger partial charge on any atom is 0.508 e. The standard InChI is InChI=1S/C37H56O8/c1-34(2,3)28-21-24(15-13-17-42-32(40)44-36(7,8)9)19-26(30(28)38)23-27-20-25(22-29(31(27)39)35(4,5)6)16-14-18-43-33(41)45-37(10,11)12/h19-22,38-39H,13-18,23H2,1-12H3. The van der Waals surface area contributed by atoms with Gasteiger partial charge in [0, 0.05) is 6.42 Å². The number of aryl methyl sites for hydroxylation is 2. The van der Waals surface area contributed by atoms with Crippen LogP contribution in [-0.4, -0.2) is 46.9 Å². The van der Waals surface area contributed by atoms with Gasteiger partial charge in [0.15, 0.2) is 0 Å². The predicted molar refractivity (Wildman–Crippen MR) is 177 cm³/mol. The third kappa shape index (κ3) is 12.8. The van der Waals surface area contributed by atoms with Gasteiger partial charge in [0.25, 0.3) is 0 Å². The van der Waals surface area contributed by atoms with Crippen LogP contribution in [0.4, 0.5) is 9.59 Å². The van der Waals surface area contributed by atoms with Crippen LogP contribution in [0.5, 0.6) is 11.5 Å². The van der Waals surface area contributed by atoms with Crippen LogP contribution < -0.4 is 0 Å². The van der Waals surface area contributed by atoms with E-state index >= 15 is 0 Å². The fraction of sp³-hybridized carbons (Fsp3) is 0.622. The fourth-order valence-corrected chi connectivity index (χ4v) is 4.85. The molecule has 0 aliphatic rings. The van der Waals surface area contributed by atoms with E-state index in [4.69, 9.17) is 18.9 Å². The lowest BCUT2D eigenvalue weighted by molar-refractivity contribution is -0.00869. The number of hydrogen-bond donors (Lipinski definition) is 2. The maximum atomic E-state index is 11.9. The van der Waals surface area contributed by atoms with Gasteiger partial charge in [0.2, 0.25) is 0 Å². The Morgan fingerprint density at radius 3 is 1.20 bits per heavy atom. The molecule has 0 saturated heterocycles. The SMILES string of the molecule is CC(C)(C)OC(=O)OCCCc1cc(Cc2cc(CCCOC(=O)OC(C)(C)C)cc(C(C)(C)C)c2O)c(O)c(C(C)(C)C)c1. The predicted octanol–water partition coefficient (Wildman–Crippen LogP) is 9.05. The summed E-state index contributed by atoms with van der Waals surface area (Å²) >= 11 is 0. The molecule has 0 spiro atoms. The summed E-state index contributed by atoms with van der Waals surface area (Å²) in [4.78, 5) is 23.9. The van der Waals surface area contributed by atoms with E-state index in [1.54, 1.807) is 41.5 Å². The summed E-state index contributed by atoms with van der Waals surface area (Å²) in [6.45, 7) is 23.5. The first-order chi connectivity index (χ1) is 20.5. The average molecular weight is 629 g/mol. The highest BCUT2D eigenvalue weighted by Crippen LogP contribution is 2.40. The largest absolute Gasteiger partial charge is 0.508 e. The van der Waals surface area contributed by atoms with Crippen molar-refractivity contribution in [3.8, 4) is 11.5 Å². The zero-order chi connectivity index (χ0) is 34.4. The Hall–Kier alpha value is -3.42. The van der Waals surface area contributed by atoms with Gasteiger partial charge in [0.1, 0.15) is 22.7 Å². The Labute approximate surface area is 270 Å². The number of ether oxygens (including phenoxy) is 4. The number of aromatic hydroxyl groups is 2. The molecule has 2 N–H and O–H groups in total. The zero-order valence-electron chi connectivity index (χ0n) is 29.6. The molecule has 8 nitrogen and oxygen atoms in total. The van der Waals surface area contributed by atoms with Crippen LogP contribution in [0.15, 0.2) is 24.3 Å². The molecule has 0 saturated carbocycles. The van der Waals surface area contributed by atoms with E-state index in [2.05, 4.69) is 41.5 Å². The second-order valence-corrected chi connectivity index (χ2v) is 15.8. The number of phenolic OH excluding ortho intramolecular Hbond substituents is 2. The zero-order valence-corrected chi connectivity index (χ0v) is 29.6. The third-order valence-electron chi connectivity index (χ3n) is 6.93. The molecule has 0 atom stereocenters. The summed E-state index contributed by atoms with van der Waals surface area (Å²) in [5.74, 6) is 0.424. The number of carbonyl (C=O) groups is 2. The van der Waals surface area contributed by atoms with Crippen LogP contribution in [0.25, 0.3) is 0 Å². The lowest BCUT2D eigenvalue weighted by atomic mass is 9.81. The average Bonchev–Trinajstić information content (AvgIpc) is 2.84. The maximum absolute atomic E-state index is 11.9. The van der Waals surface area contributed by atoms with Gasteiger partial charge in [0.05, 0.1) is 13.2 Å². The minimum absolute atomic E-state index is 0.212. The topological polar surface area (TPSA) is 112 Å². The summed E-state index contributed by atoms with van der Waals surface area (Å²) in [6.07, 6.45) is 1.40. The molecule has 2 rings (SSSR count). The van der Waals surface area contributed by atoms with Crippen molar-refractivity contribution in [3.63, 3.8) is 0 Å². The van der Waals surface area contributed by atoms with E-state index in [9.17, 15) is 19.8 Å². The van der Waals surface area contributed by atoms with E-state index in [0.717, 1.165) is 22.3 Å². The third-order valence-corrected chi connectivity index (χ3v) is 6.93. The van der Waals surface area contributed by atoms with E-state index in [1.165, 1.54) is 0 Å². The number of carbonyl (C=O) groups excluding carboxylic acids is 2. The number of rotatable bonds is 10. The summed E-state index contributed by atoms with van der Waals surface area (Å²) in [7, 11) is 0. The number of benzene rings is 2. The van der Waals surface area contributed by atoms with Crippen LogP contribution in [-0.2, 0) is 49.0 Å². The molecule has 45 heavy (non-hydrogen) atoms. The molecule has 0 aliphatic heterocycles. The summed E-state index contributed by atoms with van der Waals surface area (Å²) in [5, 5.41) is 22.9. The first kappa shape index (κ1) is 37.8. The van der Waals surface area contributed by atoms with Gasteiger partial charge in [-0.05, 0) is 111 Å². The summed E-state index contributed by atoms with van der Waals surface area (Å²) < 4.78 is 21.0. The van der Waals surface area contributed by atoms with Gasteiger partial charge in [-0.25, -0.2) is 9.59 Å². The lowest BCUT2D eigenvalue weighted by Gasteiger charge is -2.25. The van der Waals surface area contributed by atoms with E-state index in [1.807, 2.05) is 24.3 Å². The van der Waals surface area contributed by atoms with Gasteiger partial charge >= 0.3 is 12.3 Å². The smallest absolute Gasteiger partial charge is 0.507 e. The highest BCUT2D eigenvalue weighted by molar-refractivity contribution is 5.61. The van der Waals surface area contributed by atoms with Crippen LogP contribution >= 0.6 is 0 Å². The second-order valence-electron chi connectivity index (χ2n) is 15.8. The lowest BCUT2D eigenvalue weighted by Crippen LogP contribution is -2.24. The van der Waals surface area contributed by atoms with E-state index in [-0.39, 0.29) is 35.5 Å². The van der Waals surface area contributed by atoms with Gasteiger partial charge < -0.3 is 29.2 Å². The molecule has 0 aliphatic carbocycles. The van der Waals surface area contributed by atoms with Crippen LogP contribution in [0.3, 0.4) is 0 Å². The summed E-state index contributed by atoms with van der Waals surface area (Å²) in [6, 6.07) is 7.95. The molecule has 0 bridgehead atoms. The monoisotopic (exact) mass is 628 g/mol. The molecule has 0 unspecified atom stereocenters. The molecule has 252 valence electrons. The van der Waals surface area contributed by atoms with Crippen molar-refractivity contribution in [2.45, 2.75) is 137 Å². The van der Waals surface area contributed by atoms with Gasteiger partial charge in [-0.3, -0.25) is 0 Å². The summed E-state index contributed by atoms with van der Waals surface area (Å²) in [5.41, 5.74) is 3.19. The van der Waals surface area contributed by atoms with Gasteiger partial charge in [-0.1, -0.05) is 65.8 Å². The van der Waals surface area contributed by atoms with Crippen molar-refractivity contribution in [2.24, 2.45) is 0 Å². The van der Waals surface area contributed by atoms with Gasteiger partial charge in [-0.15, -0.1) is 0 Å². The Bertz CT molecular complexity index is 1210. The molecule has 8 heteroatoms. The minimum atomic E-state index is -0.689. The highest BCUT2D eigenvalue weighted by atomic mass is 16.7. The van der Waals surface area contributed by atoms with Crippen molar-refractivity contribution in [2.75, 3.05) is 13.2 Å². The second kappa shape index (κ2) is 14.8. The molecule has 0 aromatic heterocycles. The molecule has 2 aromatic carbocycles. The Morgan fingerprint density at radius 1 is 0.578 bits per heavy atom. The molecule has 0 amide bonds. The van der Waals surface area contributed by atoms with Gasteiger partial charge in [-0.2, -0.15) is 0 Å². The van der Waals surface area contributed by atoms with Crippen LogP contribution in [0.2, 0.25) is 0 Å². The van der Waals surface area contributed by atoms with Crippen LogP contribution in [0.1, 0.15) is 129 Å². The molecular formula is C37H56O8. The normalized spacial score (nSPS) is 12.5. The first-order valence-corrected chi connectivity index (χ1v) is 15.9. The van der Waals surface area contributed by atoms with Crippen molar-refractivity contribution in [1.82, 2.24) is 0 Å². The Kier molecular flexibility index (Phi) is 12.4. The number of phenols is 2. The molecule has 0 heterocycles. The molecule has 2 aromatic rings. The number of hydrogen-bond acceptors (Lipinski definition) is 8. The first-order valence-electron chi connectivity index (χ1n) is 15.9. The minimum Gasteiger partial charge on any atom is -0.507 e. The quantitative estimate of drug-likeness (QED) is 0.198. The molecule has 0 radical (unpaired) electrons. The Balaban J connectivity index is 2.32. The Morgan fingerprint density at radius 2 is 0.911 bits per heavy atom. The molecule has 0 fully saturated rings. The van der Waals surface area contributed by atoms with Crippen molar-refractivity contribution < 1.29 is 38.7 Å². The van der Waals surface area contributed by atoms with E-state index < -0.39 is 23.5 Å². The van der Waals surface area contributed by atoms with Crippen molar-refractivity contribution in [3.05, 3.63) is 57.6 Å². The fourth-order valence-electron chi connectivity index (χ4n) is 4.85. The molecular weight excluding hydrogens is 572 g/mol.